The van der Waals surface area contributed by atoms with Crippen LogP contribution in [-0.4, -0.2) is 61.1 Å². The van der Waals surface area contributed by atoms with Crippen LogP contribution < -0.4 is 15.4 Å². The van der Waals surface area contributed by atoms with Crippen molar-refractivity contribution >= 4 is 23.4 Å². The topological polar surface area (TPSA) is 121 Å². The number of nitrogens with one attached hydrogen (secondary N) is 2. The highest BCUT2D eigenvalue weighted by Gasteiger charge is 2.39. The lowest BCUT2D eigenvalue weighted by Gasteiger charge is -2.42. The van der Waals surface area contributed by atoms with Gasteiger partial charge in [0.15, 0.2) is 0 Å². The summed E-state index contributed by atoms with van der Waals surface area (Å²) in [5.41, 5.74) is 1.53. The molecule has 9 nitrogen and oxygen atoms in total. The van der Waals surface area contributed by atoms with Crippen molar-refractivity contribution in [2.24, 2.45) is 0 Å². The Morgan fingerprint density at radius 2 is 2.03 bits per heavy atom. The van der Waals surface area contributed by atoms with Crippen molar-refractivity contribution in [3.8, 4) is 11.8 Å². The summed E-state index contributed by atoms with van der Waals surface area (Å²) in [5.74, 6) is -0.262. The molecule has 0 saturated carbocycles. The average molecular weight is 477 g/mol. The van der Waals surface area contributed by atoms with E-state index in [4.69, 9.17) is 14.7 Å². The first-order valence-corrected chi connectivity index (χ1v) is 11.7. The Morgan fingerprint density at radius 1 is 1.20 bits per heavy atom. The van der Waals surface area contributed by atoms with Crippen molar-refractivity contribution in [1.82, 2.24) is 10.2 Å². The van der Waals surface area contributed by atoms with Gasteiger partial charge in [0, 0.05) is 24.8 Å². The number of nitriles is 1. The summed E-state index contributed by atoms with van der Waals surface area (Å²) >= 11 is 0. The van der Waals surface area contributed by atoms with Crippen molar-refractivity contribution in [2.75, 3.05) is 25.5 Å². The van der Waals surface area contributed by atoms with Crippen LogP contribution in [-0.2, 0) is 9.53 Å². The minimum absolute atomic E-state index is 0.0496. The second-order valence-electron chi connectivity index (χ2n) is 8.68. The maximum atomic E-state index is 13.4. The molecule has 182 valence electrons. The Morgan fingerprint density at radius 3 is 2.80 bits per heavy atom. The molecule has 2 aliphatic rings. The Balaban J connectivity index is 1.49. The maximum absolute atomic E-state index is 13.4. The highest BCUT2D eigenvalue weighted by Crippen LogP contribution is 2.32. The molecule has 3 amide bonds. The molecular formula is C26H28N4O5. The number of likely N-dealkylation sites (N-methyl/N-ethyl adjacent to an activating group) is 1. The molecule has 2 N–H and O–H groups in total. The third kappa shape index (κ3) is 5.44. The largest absolute Gasteiger partial charge is 0.490 e. The van der Waals surface area contributed by atoms with E-state index in [1.807, 2.05) is 13.0 Å². The summed E-state index contributed by atoms with van der Waals surface area (Å²) in [6.45, 7) is 2.69. The SMILES string of the molecule is CCNC(=O)C[C@H]1CC[C@H]2[C@@H](COc3ccc(NC(=O)c4cccc(C#N)c4)cc3C(=O)N2C)O1. The van der Waals surface area contributed by atoms with Gasteiger partial charge in [0.05, 0.1) is 35.8 Å². The quantitative estimate of drug-likeness (QED) is 0.685. The third-order valence-corrected chi connectivity index (χ3v) is 6.31. The Labute approximate surface area is 204 Å². The van der Waals surface area contributed by atoms with Crippen molar-refractivity contribution in [1.29, 1.82) is 5.26 Å². The number of hydrogen-bond acceptors (Lipinski definition) is 6. The van der Waals surface area contributed by atoms with Crippen LogP contribution in [0.5, 0.6) is 5.75 Å². The summed E-state index contributed by atoms with van der Waals surface area (Å²) in [5, 5.41) is 14.6. The molecule has 2 heterocycles. The zero-order chi connectivity index (χ0) is 24.9. The van der Waals surface area contributed by atoms with Gasteiger partial charge in [-0.15, -0.1) is 0 Å². The number of carbonyl (C=O) groups excluding carboxylic acids is 3. The van der Waals surface area contributed by atoms with E-state index in [2.05, 4.69) is 10.6 Å². The highest BCUT2D eigenvalue weighted by molar-refractivity contribution is 6.05. The normalized spacial score (nSPS) is 21.3. The number of hydrogen-bond donors (Lipinski definition) is 2. The molecule has 35 heavy (non-hydrogen) atoms. The van der Waals surface area contributed by atoms with Gasteiger partial charge >= 0.3 is 0 Å². The lowest BCUT2D eigenvalue weighted by molar-refractivity contribution is -0.133. The van der Waals surface area contributed by atoms with Crippen molar-refractivity contribution in [3.63, 3.8) is 0 Å². The third-order valence-electron chi connectivity index (χ3n) is 6.31. The van der Waals surface area contributed by atoms with Gasteiger partial charge in [0.1, 0.15) is 18.5 Å². The van der Waals surface area contributed by atoms with E-state index >= 15 is 0 Å². The van der Waals surface area contributed by atoms with E-state index in [0.29, 0.717) is 47.5 Å². The Bertz CT molecular complexity index is 1170. The molecule has 0 radical (unpaired) electrons. The van der Waals surface area contributed by atoms with Crippen LogP contribution in [0.2, 0.25) is 0 Å². The second kappa shape index (κ2) is 10.6. The molecule has 0 aliphatic carbocycles. The molecule has 4 rings (SSSR count). The lowest BCUT2D eigenvalue weighted by atomic mass is 9.94. The first-order chi connectivity index (χ1) is 16.9. The van der Waals surface area contributed by atoms with Crippen LogP contribution >= 0.6 is 0 Å². The summed E-state index contributed by atoms with van der Waals surface area (Å²) in [4.78, 5) is 39.7. The van der Waals surface area contributed by atoms with Crippen molar-refractivity contribution in [2.45, 2.75) is 44.4 Å². The maximum Gasteiger partial charge on any atom is 0.257 e. The summed E-state index contributed by atoms with van der Waals surface area (Å²) < 4.78 is 12.1. The zero-order valence-electron chi connectivity index (χ0n) is 19.7. The van der Waals surface area contributed by atoms with Gasteiger partial charge in [-0.25, -0.2) is 0 Å². The fourth-order valence-electron chi connectivity index (χ4n) is 4.51. The van der Waals surface area contributed by atoms with E-state index in [1.165, 1.54) is 6.07 Å². The fourth-order valence-corrected chi connectivity index (χ4v) is 4.51. The van der Waals surface area contributed by atoms with E-state index in [-0.39, 0.29) is 49.0 Å². The molecule has 0 unspecified atom stereocenters. The van der Waals surface area contributed by atoms with E-state index in [9.17, 15) is 14.4 Å². The lowest BCUT2D eigenvalue weighted by Crippen LogP contribution is -2.54. The molecule has 2 aromatic rings. The molecule has 2 aliphatic heterocycles. The van der Waals surface area contributed by atoms with Gasteiger partial charge in [-0.1, -0.05) is 6.07 Å². The fraction of sp³-hybridized carbons (Fsp3) is 0.385. The summed E-state index contributed by atoms with van der Waals surface area (Å²) in [6, 6.07) is 13.1. The molecular weight excluding hydrogens is 448 g/mol. The number of benzene rings is 2. The average Bonchev–Trinajstić information content (AvgIpc) is 2.86. The van der Waals surface area contributed by atoms with Gasteiger partial charge in [-0.05, 0) is 56.2 Å². The van der Waals surface area contributed by atoms with Gasteiger partial charge in [-0.2, -0.15) is 5.26 Å². The monoisotopic (exact) mass is 476 g/mol. The van der Waals surface area contributed by atoms with Crippen molar-refractivity contribution in [3.05, 3.63) is 59.2 Å². The van der Waals surface area contributed by atoms with Crippen LogP contribution in [0, 0.1) is 11.3 Å². The smallest absolute Gasteiger partial charge is 0.257 e. The number of nitrogens with zero attached hydrogens (tertiary/aromatic N) is 2. The van der Waals surface area contributed by atoms with Crippen LogP contribution in [0.4, 0.5) is 5.69 Å². The summed E-state index contributed by atoms with van der Waals surface area (Å²) in [7, 11) is 1.74. The van der Waals surface area contributed by atoms with Gasteiger partial charge in [-0.3, -0.25) is 14.4 Å². The summed E-state index contributed by atoms with van der Waals surface area (Å²) in [6.07, 6.45) is 1.08. The minimum atomic E-state index is -0.381. The van der Waals surface area contributed by atoms with E-state index in [0.717, 1.165) is 0 Å². The number of carbonyl (C=O) groups is 3. The first-order valence-electron chi connectivity index (χ1n) is 11.7. The predicted octanol–water partition coefficient (Wildman–Crippen LogP) is 2.72. The van der Waals surface area contributed by atoms with Crippen LogP contribution in [0.1, 0.15) is 52.5 Å². The number of rotatable bonds is 5. The van der Waals surface area contributed by atoms with Crippen LogP contribution in [0.25, 0.3) is 0 Å². The first kappa shape index (κ1) is 24.2. The van der Waals surface area contributed by atoms with E-state index < -0.39 is 0 Å². The second-order valence-corrected chi connectivity index (χ2v) is 8.68. The van der Waals surface area contributed by atoms with Gasteiger partial charge < -0.3 is 25.0 Å². The van der Waals surface area contributed by atoms with Crippen LogP contribution in [0.15, 0.2) is 42.5 Å². The highest BCUT2D eigenvalue weighted by atomic mass is 16.5. The van der Waals surface area contributed by atoms with Gasteiger partial charge in [0.2, 0.25) is 5.91 Å². The molecule has 2 aromatic carbocycles. The predicted molar refractivity (Wildman–Crippen MR) is 128 cm³/mol. The molecule has 0 aromatic heterocycles. The van der Waals surface area contributed by atoms with Gasteiger partial charge in [0.25, 0.3) is 11.8 Å². The van der Waals surface area contributed by atoms with Crippen LogP contribution in [0.3, 0.4) is 0 Å². The molecule has 1 saturated heterocycles. The molecule has 1 fully saturated rings. The van der Waals surface area contributed by atoms with E-state index in [1.54, 1.807) is 48.3 Å². The van der Waals surface area contributed by atoms with Crippen molar-refractivity contribution < 1.29 is 23.9 Å². The Hall–Kier alpha value is -3.90. The number of anilines is 1. The number of amides is 3. The standard InChI is InChI=1S/C26H28N4O5/c1-3-28-24(31)13-19-8-9-21-23(35-19)15-34-22-10-7-18(12-20(22)26(33)30(21)2)29-25(32)17-6-4-5-16(11-17)14-27/h4-7,10-12,19,21,23H,3,8-9,13,15H2,1-2H3,(H,28,31)(H,29,32)/t19-,21+,23-/m1/s1. The minimum Gasteiger partial charge on any atom is -0.490 e. The zero-order valence-corrected chi connectivity index (χ0v) is 19.7. The Kier molecular flexibility index (Phi) is 7.32. The molecule has 0 bridgehead atoms. The molecule has 3 atom stereocenters. The number of fused-ring (bicyclic) bond motifs is 2. The molecule has 9 heteroatoms. The number of ether oxygens (including phenoxy) is 2. The molecule has 0 spiro atoms.